The Morgan fingerprint density at radius 1 is 1.14 bits per heavy atom. The van der Waals surface area contributed by atoms with E-state index in [2.05, 4.69) is 24.5 Å². The average Bonchev–Trinajstić information content (AvgIpc) is 2.46. The molecule has 2 rings (SSSR count). The van der Waals surface area contributed by atoms with Crippen LogP contribution in [0.5, 0.6) is 0 Å². The maximum absolute atomic E-state index is 13.0. The van der Waals surface area contributed by atoms with E-state index in [-0.39, 0.29) is 18.4 Å². The lowest BCUT2D eigenvalue weighted by atomic mass is 10.0. The number of carbonyl (C=O) groups excluding carboxylic acids is 1. The van der Waals surface area contributed by atoms with Crippen LogP contribution in [-0.4, -0.2) is 6.03 Å². The molecular weight excluding hydrogens is 267 g/mol. The molecule has 2 aromatic carbocycles. The number of hydrogen-bond acceptors (Lipinski definition) is 1. The molecule has 0 aliphatic heterocycles. The first kappa shape index (κ1) is 15.0. The van der Waals surface area contributed by atoms with Gasteiger partial charge in [0.05, 0.1) is 0 Å². The minimum Gasteiger partial charge on any atom is -0.334 e. The van der Waals surface area contributed by atoms with Crippen LogP contribution in [0.2, 0.25) is 0 Å². The molecule has 0 heterocycles. The molecule has 2 N–H and O–H groups in total. The summed E-state index contributed by atoms with van der Waals surface area (Å²) < 4.78 is 13.0. The van der Waals surface area contributed by atoms with Crippen molar-refractivity contribution in [2.75, 3.05) is 5.32 Å². The fourth-order valence-corrected chi connectivity index (χ4v) is 1.96. The summed E-state index contributed by atoms with van der Waals surface area (Å²) >= 11 is 0. The van der Waals surface area contributed by atoms with Crippen molar-refractivity contribution in [3.63, 3.8) is 0 Å². The van der Waals surface area contributed by atoms with Gasteiger partial charge >= 0.3 is 6.03 Å². The highest BCUT2D eigenvalue weighted by atomic mass is 19.1. The van der Waals surface area contributed by atoms with Crippen molar-refractivity contribution < 1.29 is 9.18 Å². The Morgan fingerprint density at radius 3 is 2.48 bits per heavy atom. The second-order valence-corrected chi connectivity index (χ2v) is 5.21. The summed E-state index contributed by atoms with van der Waals surface area (Å²) in [4.78, 5) is 11.8. The number of anilines is 1. The highest BCUT2D eigenvalue weighted by Gasteiger charge is 2.03. The van der Waals surface area contributed by atoms with Crippen LogP contribution in [0.1, 0.15) is 30.9 Å². The van der Waals surface area contributed by atoms with E-state index in [0.717, 1.165) is 11.3 Å². The van der Waals surface area contributed by atoms with Gasteiger partial charge in [0, 0.05) is 12.2 Å². The quantitative estimate of drug-likeness (QED) is 0.865. The number of hydrogen-bond donors (Lipinski definition) is 2. The Labute approximate surface area is 124 Å². The number of benzene rings is 2. The van der Waals surface area contributed by atoms with E-state index in [1.165, 1.54) is 17.7 Å². The monoisotopic (exact) mass is 286 g/mol. The molecule has 0 atom stereocenters. The van der Waals surface area contributed by atoms with Crippen molar-refractivity contribution in [2.45, 2.75) is 26.3 Å². The third kappa shape index (κ3) is 4.60. The number of amides is 2. The molecule has 110 valence electrons. The Morgan fingerprint density at radius 2 is 1.86 bits per heavy atom. The number of urea groups is 1. The highest BCUT2D eigenvalue weighted by molar-refractivity contribution is 5.89. The van der Waals surface area contributed by atoms with Gasteiger partial charge in [0.1, 0.15) is 5.82 Å². The standard InChI is InChI=1S/C17H19FN2O/c1-12(2)14-6-8-16(9-7-14)20-17(21)19-11-13-4-3-5-15(18)10-13/h3-10,12H,11H2,1-2H3,(H2,19,20,21). The smallest absolute Gasteiger partial charge is 0.319 e. The fraction of sp³-hybridized carbons (Fsp3) is 0.235. The van der Waals surface area contributed by atoms with E-state index in [1.54, 1.807) is 12.1 Å². The molecule has 2 amide bonds. The second-order valence-electron chi connectivity index (χ2n) is 5.21. The maximum Gasteiger partial charge on any atom is 0.319 e. The van der Waals surface area contributed by atoms with Gasteiger partial charge < -0.3 is 10.6 Å². The summed E-state index contributed by atoms with van der Waals surface area (Å²) in [5.41, 5.74) is 2.68. The zero-order chi connectivity index (χ0) is 15.2. The Hall–Kier alpha value is -2.36. The molecule has 4 heteroatoms. The first-order valence-electron chi connectivity index (χ1n) is 6.94. The summed E-state index contributed by atoms with van der Waals surface area (Å²) in [5, 5.41) is 5.44. The van der Waals surface area contributed by atoms with Crippen molar-refractivity contribution in [2.24, 2.45) is 0 Å². The summed E-state index contributed by atoms with van der Waals surface area (Å²) in [6, 6.07) is 13.6. The van der Waals surface area contributed by atoms with Crippen LogP contribution in [0.15, 0.2) is 48.5 Å². The van der Waals surface area contributed by atoms with Gasteiger partial charge in [0.2, 0.25) is 0 Å². The van der Waals surface area contributed by atoms with E-state index in [9.17, 15) is 9.18 Å². The third-order valence-corrected chi connectivity index (χ3v) is 3.18. The van der Waals surface area contributed by atoms with Gasteiger partial charge in [0.15, 0.2) is 0 Å². The zero-order valence-corrected chi connectivity index (χ0v) is 12.2. The molecule has 0 saturated heterocycles. The van der Waals surface area contributed by atoms with E-state index < -0.39 is 0 Å². The minimum atomic E-state index is -0.309. The van der Waals surface area contributed by atoms with Crippen molar-refractivity contribution in [3.05, 3.63) is 65.5 Å². The summed E-state index contributed by atoms with van der Waals surface area (Å²) in [7, 11) is 0. The second kappa shape index (κ2) is 6.88. The Kier molecular flexibility index (Phi) is 4.93. The molecule has 0 aliphatic rings. The minimum absolute atomic E-state index is 0.285. The fourth-order valence-electron chi connectivity index (χ4n) is 1.96. The van der Waals surface area contributed by atoms with Crippen LogP contribution in [-0.2, 0) is 6.54 Å². The lowest BCUT2D eigenvalue weighted by molar-refractivity contribution is 0.251. The molecule has 0 bridgehead atoms. The lowest BCUT2D eigenvalue weighted by Crippen LogP contribution is -2.28. The molecule has 0 saturated carbocycles. The van der Waals surface area contributed by atoms with Crippen molar-refractivity contribution in [1.82, 2.24) is 5.32 Å². The van der Waals surface area contributed by atoms with Gasteiger partial charge in [-0.2, -0.15) is 0 Å². The summed E-state index contributed by atoms with van der Waals surface area (Å²) in [6.45, 7) is 4.52. The number of rotatable bonds is 4. The van der Waals surface area contributed by atoms with Gasteiger partial charge in [-0.3, -0.25) is 0 Å². The molecule has 0 radical (unpaired) electrons. The predicted octanol–water partition coefficient (Wildman–Crippen LogP) is 4.27. The molecule has 2 aromatic rings. The Bertz CT molecular complexity index is 608. The summed E-state index contributed by atoms with van der Waals surface area (Å²) in [6.07, 6.45) is 0. The topological polar surface area (TPSA) is 41.1 Å². The molecule has 0 unspecified atom stereocenters. The van der Waals surface area contributed by atoms with Crippen LogP contribution in [0.25, 0.3) is 0 Å². The molecule has 0 aliphatic carbocycles. The lowest BCUT2D eigenvalue weighted by Gasteiger charge is -2.09. The van der Waals surface area contributed by atoms with Crippen LogP contribution in [0.3, 0.4) is 0 Å². The number of halogens is 1. The SMILES string of the molecule is CC(C)c1ccc(NC(=O)NCc2cccc(F)c2)cc1. The zero-order valence-electron chi connectivity index (χ0n) is 12.2. The van der Waals surface area contributed by atoms with Gasteiger partial charge in [0.25, 0.3) is 0 Å². The predicted molar refractivity (Wildman–Crippen MR) is 82.8 cm³/mol. The molecule has 21 heavy (non-hydrogen) atoms. The van der Waals surface area contributed by atoms with Gasteiger partial charge in [-0.1, -0.05) is 38.1 Å². The first-order chi connectivity index (χ1) is 10.0. The Balaban J connectivity index is 1.87. The van der Waals surface area contributed by atoms with Gasteiger partial charge in [-0.15, -0.1) is 0 Å². The van der Waals surface area contributed by atoms with Crippen LogP contribution in [0, 0.1) is 5.82 Å². The van der Waals surface area contributed by atoms with Gasteiger partial charge in [-0.25, -0.2) is 9.18 Å². The molecule has 0 fully saturated rings. The van der Waals surface area contributed by atoms with Crippen molar-refractivity contribution in [3.8, 4) is 0 Å². The summed E-state index contributed by atoms with van der Waals surface area (Å²) in [5.74, 6) is 0.153. The molecule has 0 aromatic heterocycles. The first-order valence-corrected chi connectivity index (χ1v) is 6.94. The number of nitrogens with one attached hydrogen (secondary N) is 2. The number of carbonyl (C=O) groups is 1. The van der Waals surface area contributed by atoms with E-state index in [1.807, 2.05) is 24.3 Å². The maximum atomic E-state index is 13.0. The third-order valence-electron chi connectivity index (χ3n) is 3.18. The average molecular weight is 286 g/mol. The van der Waals surface area contributed by atoms with Crippen LogP contribution >= 0.6 is 0 Å². The van der Waals surface area contributed by atoms with E-state index in [4.69, 9.17) is 0 Å². The van der Waals surface area contributed by atoms with Gasteiger partial charge in [-0.05, 0) is 41.3 Å². The molecule has 3 nitrogen and oxygen atoms in total. The van der Waals surface area contributed by atoms with Crippen molar-refractivity contribution in [1.29, 1.82) is 0 Å². The molecular formula is C17H19FN2O. The van der Waals surface area contributed by atoms with E-state index >= 15 is 0 Å². The highest BCUT2D eigenvalue weighted by Crippen LogP contribution is 2.17. The van der Waals surface area contributed by atoms with Crippen LogP contribution in [0.4, 0.5) is 14.9 Å². The molecule has 0 spiro atoms. The van der Waals surface area contributed by atoms with Crippen molar-refractivity contribution >= 4 is 11.7 Å². The van der Waals surface area contributed by atoms with Crippen LogP contribution < -0.4 is 10.6 Å². The van der Waals surface area contributed by atoms with E-state index in [0.29, 0.717) is 5.92 Å². The largest absolute Gasteiger partial charge is 0.334 e. The normalized spacial score (nSPS) is 10.5.